The van der Waals surface area contributed by atoms with E-state index in [0.717, 1.165) is 23.7 Å². The topological polar surface area (TPSA) is 16.1 Å². The maximum Gasteiger partial charge on any atom is 0.0726 e. The van der Waals surface area contributed by atoms with Gasteiger partial charge in [0, 0.05) is 24.2 Å². The Hall–Kier alpha value is -1.28. The Balaban J connectivity index is 1.98. The van der Waals surface area contributed by atoms with Crippen LogP contribution in [0.5, 0.6) is 0 Å². The van der Waals surface area contributed by atoms with Crippen molar-refractivity contribution in [1.29, 1.82) is 0 Å². The molecule has 3 heteroatoms. The maximum absolute atomic E-state index is 6.00. The summed E-state index contributed by atoms with van der Waals surface area (Å²) in [6.07, 6.45) is 3.92. The SMILES string of the molecule is CCCC1CCN(c2cc(CCl)nc3ccccc23)C1. The summed E-state index contributed by atoms with van der Waals surface area (Å²) in [4.78, 5) is 7.14. The number of rotatable bonds is 4. The predicted molar refractivity (Wildman–Crippen MR) is 86.5 cm³/mol. The monoisotopic (exact) mass is 288 g/mol. The molecule has 106 valence electrons. The molecule has 2 aromatic rings. The molecule has 1 unspecified atom stereocenters. The summed E-state index contributed by atoms with van der Waals surface area (Å²) >= 11 is 6.00. The molecule has 20 heavy (non-hydrogen) atoms. The fourth-order valence-electron chi connectivity index (χ4n) is 3.24. The van der Waals surface area contributed by atoms with Gasteiger partial charge in [0.05, 0.1) is 17.1 Å². The number of para-hydroxylation sites is 1. The first-order chi connectivity index (χ1) is 9.81. The molecule has 1 aliphatic heterocycles. The van der Waals surface area contributed by atoms with Gasteiger partial charge in [-0.3, -0.25) is 4.98 Å². The molecule has 1 fully saturated rings. The third kappa shape index (κ3) is 2.62. The van der Waals surface area contributed by atoms with Gasteiger partial charge in [0.15, 0.2) is 0 Å². The summed E-state index contributed by atoms with van der Waals surface area (Å²) in [7, 11) is 0. The van der Waals surface area contributed by atoms with Crippen molar-refractivity contribution in [2.45, 2.75) is 32.1 Å². The fourth-order valence-corrected chi connectivity index (χ4v) is 3.37. The summed E-state index contributed by atoms with van der Waals surface area (Å²) in [5.74, 6) is 1.32. The number of hydrogen-bond donors (Lipinski definition) is 0. The van der Waals surface area contributed by atoms with Gasteiger partial charge in [-0.25, -0.2) is 0 Å². The molecule has 0 bridgehead atoms. The van der Waals surface area contributed by atoms with Gasteiger partial charge in [-0.2, -0.15) is 0 Å². The minimum Gasteiger partial charge on any atom is -0.371 e. The first-order valence-electron chi connectivity index (χ1n) is 7.51. The second-order valence-corrected chi connectivity index (χ2v) is 5.94. The lowest BCUT2D eigenvalue weighted by molar-refractivity contribution is 0.530. The first kappa shape index (κ1) is 13.7. The van der Waals surface area contributed by atoms with Crippen LogP contribution in [0.2, 0.25) is 0 Å². The smallest absolute Gasteiger partial charge is 0.0726 e. The Morgan fingerprint density at radius 3 is 3.00 bits per heavy atom. The van der Waals surface area contributed by atoms with E-state index < -0.39 is 0 Å². The highest BCUT2D eigenvalue weighted by atomic mass is 35.5. The van der Waals surface area contributed by atoms with Crippen LogP contribution in [0.3, 0.4) is 0 Å². The summed E-state index contributed by atoms with van der Waals surface area (Å²) in [5, 5.41) is 1.25. The standard InChI is InChI=1S/C17H21ClN2/c1-2-5-13-8-9-20(12-13)17-10-14(11-18)19-16-7-4-3-6-15(16)17/h3-4,6-7,10,13H,2,5,8-9,11-12H2,1H3. The number of hydrogen-bond acceptors (Lipinski definition) is 2. The van der Waals surface area contributed by atoms with Crippen molar-refractivity contribution >= 4 is 28.2 Å². The Morgan fingerprint density at radius 1 is 1.35 bits per heavy atom. The van der Waals surface area contributed by atoms with E-state index in [2.05, 4.69) is 41.1 Å². The molecule has 0 saturated carbocycles. The quantitative estimate of drug-likeness (QED) is 0.764. The van der Waals surface area contributed by atoms with Gasteiger partial charge in [0.25, 0.3) is 0 Å². The average Bonchev–Trinajstić information content (AvgIpc) is 2.95. The lowest BCUT2D eigenvalue weighted by Gasteiger charge is -2.21. The minimum absolute atomic E-state index is 0.476. The molecule has 1 saturated heterocycles. The van der Waals surface area contributed by atoms with Crippen LogP contribution in [0.1, 0.15) is 31.9 Å². The molecule has 1 aromatic carbocycles. The number of benzene rings is 1. The normalized spacial score (nSPS) is 18.9. The Labute approximate surface area is 125 Å². The van der Waals surface area contributed by atoms with Crippen molar-refractivity contribution in [3.05, 3.63) is 36.0 Å². The Kier molecular flexibility index (Phi) is 4.11. The highest BCUT2D eigenvalue weighted by Gasteiger charge is 2.23. The summed E-state index contributed by atoms with van der Waals surface area (Å²) < 4.78 is 0. The molecule has 2 nitrogen and oxygen atoms in total. The van der Waals surface area contributed by atoms with E-state index in [1.165, 1.54) is 36.9 Å². The molecule has 2 heterocycles. The van der Waals surface area contributed by atoms with Crippen LogP contribution in [0.15, 0.2) is 30.3 Å². The zero-order valence-electron chi connectivity index (χ0n) is 12.0. The molecule has 3 rings (SSSR count). The molecule has 1 aliphatic rings. The van der Waals surface area contributed by atoms with Crippen LogP contribution < -0.4 is 4.90 Å². The number of anilines is 1. The number of alkyl halides is 1. The van der Waals surface area contributed by atoms with Crippen LogP contribution in [0.4, 0.5) is 5.69 Å². The van der Waals surface area contributed by atoms with Crippen LogP contribution in [0, 0.1) is 5.92 Å². The Bertz CT molecular complexity index is 597. The van der Waals surface area contributed by atoms with Gasteiger partial charge in [-0.1, -0.05) is 31.5 Å². The highest BCUT2D eigenvalue weighted by Crippen LogP contribution is 2.32. The predicted octanol–water partition coefficient (Wildman–Crippen LogP) is 4.60. The average molecular weight is 289 g/mol. The largest absolute Gasteiger partial charge is 0.371 e. The van der Waals surface area contributed by atoms with Gasteiger partial charge in [0.2, 0.25) is 0 Å². The van der Waals surface area contributed by atoms with Crippen LogP contribution >= 0.6 is 11.6 Å². The first-order valence-corrected chi connectivity index (χ1v) is 8.05. The maximum atomic E-state index is 6.00. The molecule has 0 radical (unpaired) electrons. The second-order valence-electron chi connectivity index (χ2n) is 5.67. The van der Waals surface area contributed by atoms with Crippen molar-refractivity contribution in [3.63, 3.8) is 0 Å². The molecule has 0 spiro atoms. The zero-order chi connectivity index (χ0) is 13.9. The van der Waals surface area contributed by atoms with Gasteiger partial charge >= 0.3 is 0 Å². The molecule has 0 amide bonds. The van der Waals surface area contributed by atoms with E-state index >= 15 is 0 Å². The second kappa shape index (κ2) is 6.01. The number of halogens is 1. The van der Waals surface area contributed by atoms with Crippen molar-refractivity contribution in [2.24, 2.45) is 5.92 Å². The van der Waals surface area contributed by atoms with E-state index in [1.807, 2.05) is 6.07 Å². The number of aromatic nitrogens is 1. The summed E-state index contributed by atoms with van der Waals surface area (Å²) in [6.45, 7) is 4.60. The molecule has 0 aliphatic carbocycles. The van der Waals surface area contributed by atoms with Gasteiger partial charge in [-0.05, 0) is 30.9 Å². The minimum atomic E-state index is 0.476. The van der Waals surface area contributed by atoms with Gasteiger partial charge in [-0.15, -0.1) is 11.6 Å². The van der Waals surface area contributed by atoms with Crippen molar-refractivity contribution in [2.75, 3.05) is 18.0 Å². The lowest BCUT2D eigenvalue weighted by atomic mass is 10.0. The Morgan fingerprint density at radius 2 is 2.20 bits per heavy atom. The lowest BCUT2D eigenvalue weighted by Crippen LogP contribution is -2.20. The molecular formula is C17H21ClN2. The van der Waals surface area contributed by atoms with E-state index in [0.29, 0.717) is 5.88 Å². The van der Waals surface area contributed by atoms with E-state index in [9.17, 15) is 0 Å². The van der Waals surface area contributed by atoms with E-state index in [4.69, 9.17) is 11.6 Å². The fraction of sp³-hybridized carbons (Fsp3) is 0.471. The highest BCUT2D eigenvalue weighted by molar-refractivity contribution is 6.17. The van der Waals surface area contributed by atoms with Crippen molar-refractivity contribution in [3.8, 4) is 0 Å². The van der Waals surface area contributed by atoms with E-state index in [-0.39, 0.29) is 0 Å². The number of pyridine rings is 1. The van der Waals surface area contributed by atoms with E-state index in [1.54, 1.807) is 0 Å². The third-order valence-electron chi connectivity index (χ3n) is 4.21. The number of fused-ring (bicyclic) bond motifs is 1. The molecule has 1 atom stereocenters. The third-order valence-corrected chi connectivity index (χ3v) is 4.48. The number of nitrogens with zero attached hydrogens (tertiary/aromatic N) is 2. The summed E-state index contributed by atoms with van der Waals surface area (Å²) in [5.41, 5.74) is 3.34. The van der Waals surface area contributed by atoms with Gasteiger partial charge in [0.1, 0.15) is 0 Å². The van der Waals surface area contributed by atoms with Crippen LogP contribution in [-0.2, 0) is 5.88 Å². The molecular weight excluding hydrogens is 268 g/mol. The van der Waals surface area contributed by atoms with Crippen LogP contribution in [-0.4, -0.2) is 18.1 Å². The summed E-state index contributed by atoms with van der Waals surface area (Å²) in [6, 6.07) is 10.6. The van der Waals surface area contributed by atoms with Crippen molar-refractivity contribution in [1.82, 2.24) is 4.98 Å². The van der Waals surface area contributed by atoms with Crippen molar-refractivity contribution < 1.29 is 0 Å². The zero-order valence-corrected chi connectivity index (χ0v) is 12.7. The van der Waals surface area contributed by atoms with Gasteiger partial charge < -0.3 is 4.90 Å². The molecule has 0 N–H and O–H groups in total. The van der Waals surface area contributed by atoms with Crippen LogP contribution in [0.25, 0.3) is 10.9 Å². The molecule has 1 aromatic heterocycles.